The topological polar surface area (TPSA) is 90.1 Å². The average Bonchev–Trinajstić information content (AvgIpc) is 2.19. The van der Waals surface area contributed by atoms with Gasteiger partial charge in [0.2, 0.25) is 0 Å². The third-order valence-corrected chi connectivity index (χ3v) is 1.51. The van der Waals surface area contributed by atoms with Crippen LogP contribution >= 0.6 is 0 Å². The highest BCUT2D eigenvalue weighted by atomic mass is 16.5. The largest absolute Gasteiger partial charge is 0.383 e. The number of nitrogens with two attached hydrogens (primary N) is 1. The molecule has 0 aliphatic heterocycles. The molecule has 0 fully saturated rings. The standard InChI is InChI=1S/C8H12N4O2/c1-14-5-4-10-8(13)6-2-3-7(9)12-11-6/h2-3H,4-5H2,1H3,(H2,9,12)(H,10,13). The van der Waals surface area contributed by atoms with E-state index in [2.05, 4.69) is 15.5 Å². The fourth-order valence-electron chi connectivity index (χ4n) is 0.821. The number of carbonyl (C=O) groups excluding carboxylic acids is 1. The van der Waals surface area contributed by atoms with Crippen molar-refractivity contribution in [2.24, 2.45) is 0 Å². The van der Waals surface area contributed by atoms with Gasteiger partial charge in [0.15, 0.2) is 5.69 Å². The van der Waals surface area contributed by atoms with Crippen molar-refractivity contribution in [3.63, 3.8) is 0 Å². The first kappa shape index (κ1) is 10.4. The number of hydrogen-bond acceptors (Lipinski definition) is 5. The molecule has 76 valence electrons. The van der Waals surface area contributed by atoms with Crippen molar-refractivity contribution < 1.29 is 9.53 Å². The van der Waals surface area contributed by atoms with E-state index < -0.39 is 0 Å². The van der Waals surface area contributed by atoms with Crippen LogP contribution in [-0.2, 0) is 4.74 Å². The smallest absolute Gasteiger partial charge is 0.271 e. The number of rotatable bonds is 4. The second-order valence-corrected chi connectivity index (χ2v) is 2.59. The molecule has 1 rings (SSSR count). The van der Waals surface area contributed by atoms with Gasteiger partial charge in [-0.05, 0) is 12.1 Å². The van der Waals surface area contributed by atoms with Gasteiger partial charge in [-0.1, -0.05) is 0 Å². The lowest BCUT2D eigenvalue weighted by molar-refractivity contribution is 0.0931. The van der Waals surface area contributed by atoms with Crippen LogP contribution in [0.25, 0.3) is 0 Å². The second kappa shape index (κ2) is 5.13. The Morgan fingerprint density at radius 2 is 2.36 bits per heavy atom. The van der Waals surface area contributed by atoms with E-state index in [1.807, 2.05) is 0 Å². The van der Waals surface area contributed by atoms with E-state index in [4.69, 9.17) is 10.5 Å². The summed E-state index contributed by atoms with van der Waals surface area (Å²) in [5.74, 6) is 0.00740. The fraction of sp³-hybridized carbons (Fsp3) is 0.375. The van der Waals surface area contributed by atoms with Gasteiger partial charge >= 0.3 is 0 Å². The number of methoxy groups -OCH3 is 1. The van der Waals surface area contributed by atoms with Crippen LogP contribution in [0.4, 0.5) is 5.82 Å². The Hall–Kier alpha value is -1.69. The summed E-state index contributed by atoms with van der Waals surface area (Å²) in [6.45, 7) is 0.912. The summed E-state index contributed by atoms with van der Waals surface area (Å²) in [7, 11) is 1.56. The zero-order chi connectivity index (χ0) is 10.4. The van der Waals surface area contributed by atoms with Gasteiger partial charge in [-0.2, -0.15) is 0 Å². The summed E-state index contributed by atoms with van der Waals surface area (Å²) < 4.78 is 4.78. The predicted octanol–water partition coefficient (Wildman–Crippen LogP) is -0.565. The number of ether oxygens (including phenoxy) is 1. The van der Waals surface area contributed by atoms with Crippen molar-refractivity contribution >= 4 is 11.7 Å². The van der Waals surface area contributed by atoms with Gasteiger partial charge in [-0.15, -0.1) is 10.2 Å². The van der Waals surface area contributed by atoms with E-state index in [-0.39, 0.29) is 11.6 Å². The van der Waals surface area contributed by atoms with E-state index in [0.717, 1.165) is 0 Å². The minimum atomic E-state index is -0.283. The molecule has 3 N–H and O–H groups in total. The van der Waals surface area contributed by atoms with Crippen LogP contribution < -0.4 is 11.1 Å². The molecule has 0 saturated carbocycles. The Labute approximate surface area is 81.5 Å². The number of aromatic nitrogens is 2. The fourth-order valence-corrected chi connectivity index (χ4v) is 0.821. The van der Waals surface area contributed by atoms with Gasteiger partial charge < -0.3 is 15.8 Å². The number of anilines is 1. The molecule has 0 unspecified atom stereocenters. The minimum Gasteiger partial charge on any atom is -0.383 e. The SMILES string of the molecule is COCCNC(=O)c1ccc(N)nn1. The van der Waals surface area contributed by atoms with E-state index in [1.165, 1.54) is 12.1 Å². The van der Waals surface area contributed by atoms with Crippen LogP contribution in [0, 0.1) is 0 Å². The van der Waals surface area contributed by atoms with Crippen molar-refractivity contribution in [3.8, 4) is 0 Å². The monoisotopic (exact) mass is 196 g/mol. The molecule has 1 amide bonds. The predicted molar refractivity (Wildman–Crippen MR) is 50.7 cm³/mol. The maximum absolute atomic E-state index is 11.3. The molecule has 6 nitrogen and oxygen atoms in total. The highest BCUT2D eigenvalue weighted by molar-refractivity contribution is 5.92. The number of nitrogens with one attached hydrogen (secondary N) is 1. The summed E-state index contributed by atoms with van der Waals surface area (Å²) in [5.41, 5.74) is 5.57. The molecule has 0 aliphatic carbocycles. The second-order valence-electron chi connectivity index (χ2n) is 2.59. The molecule has 0 spiro atoms. The van der Waals surface area contributed by atoms with Crippen LogP contribution in [0.2, 0.25) is 0 Å². The summed E-state index contributed by atoms with van der Waals surface area (Å²) >= 11 is 0. The van der Waals surface area contributed by atoms with E-state index in [1.54, 1.807) is 7.11 Å². The number of hydrogen-bond donors (Lipinski definition) is 2. The molecule has 0 aromatic carbocycles. The molecule has 0 bridgehead atoms. The van der Waals surface area contributed by atoms with Gasteiger partial charge in [0.1, 0.15) is 5.82 Å². The van der Waals surface area contributed by atoms with Crippen molar-refractivity contribution in [2.75, 3.05) is 26.0 Å². The van der Waals surface area contributed by atoms with Crippen molar-refractivity contribution in [3.05, 3.63) is 17.8 Å². The van der Waals surface area contributed by atoms with Crippen LogP contribution in [0.5, 0.6) is 0 Å². The van der Waals surface area contributed by atoms with Crippen molar-refractivity contribution in [1.82, 2.24) is 15.5 Å². The lowest BCUT2D eigenvalue weighted by atomic mass is 10.3. The summed E-state index contributed by atoms with van der Waals surface area (Å²) in [4.78, 5) is 11.3. The Morgan fingerprint density at radius 1 is 1.57 bits per heavy atom. The normalized spacial score (nSPS) is 9.79. The van der Waals surface area contributed by atoms with Crippen LogP contribution in [0.15, 0.2) is 12.1 Å². The first-order valence-corrected chi connectivity index (χ1v) is 4.10. The highest BCUT2D eigenvalue weighted by Gasteiger charge is 2.05. The molecular weight excluding hydrogens is 184 g/mol. The first-order chi connectivity index (χ1) is 6.74. The molecule has 0 radical (unpaired) electrons. The molecule has 1 heterocycles. The zero-order valence-corrected chi connectivity index (χ0v) is 7.86. The maximum Gasteiger partial charge on any atom is 0.271 e. The molecule has 6 heteroatoms. The average molecular weight is 196 g/mol. The van der Waals surface area contributed by atoms with Gasteiger partial charge in [0.25, 0.3) is 5.91 Å². The molecule has 14 heavy (non-hydrogen) atoms. The zero-order valence-electron chi connectivity index (χ0n) is 7.86. The first-order valence-electron chi connectivity index (χ1n) is 4.10. The lowest BCUT2D eigenvalue weighted by Crippen LogP contribution is -2.27. The van der Waals surface area contributed by atoms with Crippen LogP contribution in [-0.4, -0.2) is 36.4 Å². The Bertz CT molecular complexity index is 299. The third kappa shape index (κ3) is 2.98. The van der Waals surface area contributed by atoms with Crippen LogP contribution in [0.1, 0.15) is 10.5 Å². The Morgan fingerprint density at radius 3 is 2.93 bits per heavy atom. The van der Waals surface area contributed by atoms with E-state index >= 15 is 0 Å². The van der Waals surface area contributed by atoms with E-state index in [9.17, 15) is 4.79 Å². The number of amides is 1. The number of nitrogen functional groups attached to an aromatic ring is 1. The van der Waals surface area contributed by atoms with Crippen molar-refractivity contribution in [2.45, 2.75) is 0 Å². The van der Waals surface area contributed by atoms with Gasteiger partial charge in [-0.25, -0.2) is 0 Å². The highest BCUT2D eigenvalue weighted by Crippen LogP contribution is 1.96. The molecule has 0 saturated heterocycles. The summed E-state index contributed by atoms with van der Waals surface area (Å²) in [5, 5.41) is 9.81. The number of nitrogens with zero attached hydrogens (tertiary/aromatic N) is 2. The molecule has 1 aromatic rings. The summed E-state index contributed by atoms with van der Waals surface area (Å²) in [6, 6.07) is 3.04. The Kier molecular flexibility index (Phi) is 3.81. The summed E-state index contributed by atoms with van der Waals surface area (Å²) in [6.07, 6.45) is 0. The van der Waals surface area contributed by atoms with Gasteiger partial charge in [-0.3, -0.25) is 4.79 Å². The Balaban J connectivity index is 2.48. The van der Waals surface area contributed by atoms with Crippen LogP contribution in [0.3, 0.4) is 0 Å². The molecular formula is C8H12N4O2. The maximum atomic E-state index is 11.3. The molecule has 0 aliphatic rings. The van der Waals surface area contributed by atoms with E-state index in [0.29, 0.717) is 19.0 Å². The van der Waals surface area contributed by atoms with Crippen molar-refractivity contribution in [1.29, 1.82) is 0 Å². The van der Waals surface area contributed by atoms with Gasteiger partial charge in [0, 0.05) is 13.7 Å². The molecule has 1 aromatic heterocycles. The van der Waals surface area contributed by atoms with Gasteiger partial charge in [0.05, 0.1) is 6.61 Å². The number of carbonyl (C=O) groups is 1. The molecule has 0 atom stereocenters. The third-order valence-electron chi connectivity index (χ3n) is 1.51. The lowest BCUT2D eigenvalue weighted by Gasteiger charge is -2.02. The minimum absolute atomic E-state index is 0.246. The quantitative estimate of drug-likeness (QED) is 0.630.